The van der Waals surface area contributed by atoms with Crippen LogP contribution in [0.3, 0.4) is 0 Å². The summed E-state index contributed by atoms with van der Waals surface area (Å²) in [5, 5.41) is 9.67. The van der Waals surface area contributed by atoms with E-state index >= 15 is 0 Å². The summed E-state index contributed by atoms with van der Waals surface area (Å²) < 4.78 is 38.4. The summed E-state index contributed by atoms with van der Waals surface area (Å²) in [6, 6.07) is 10.9. The van der Waals surface area contributed by atoms with E-state index in [9.17, 15) is 4.79 Å². The van der Waals surface area contributed by atoms with Crippen molar-refractivity contribution in [3.63, 3.8) is 0 Å². The van der Waals surface area contributed by atoms with Gasteiger partial charge in [-0.2, -0.15) is 9.83 Å². The highest BCUT2D eigenvalue weighted by Crippen LogP contribution is 2.17. The molecule has 2 aromatic rings. The molecule has 2 N–H and O–H groups in total. The Labute approximate surface area is 276 Å². The molecular formula is C30H43Cl2N5O8. The lowest BCUT2D eigenvalue weighted by molar-refractivity contribution is -0.727. The Kier molecular flexibility index (Phi) is 22.8. The number of unbranched alkanes of at least 4 members (excludes halogenated alkanes) is 3. The summed E-state index contributed by atoms with van der Waals surface area (Å²) in [5.41, 5.74) is 6.81. The van der Waals surface area contributed by atoms with E-state index in [2.05, 4.69) is 4.99 Å². The lowest BCUT2D eigenvalue weighted by Gasteiger charge is -2.22. The second-order valence-electron chi connectivity index (χ2n) is 9.21. The van der Waals surface area contributed by atoms with Crippen LogP contribution in [0.15, 0.2) is 53.8 Å². The van der Waals surface area contributed by atoms with Gasteiger partial charge in [-0.1, -0.05) is 24.4 Å². The van der Waals surface area contributed by atoms with E-state index in [0.29, 0.717) is 57.8 Å². The number of nitriles is 1. The minimum atomic E-state index is -0.805. The van der Waals surface area contributed by atoms with Crippen molar-refractivity contribution in [2.45, 2.75) is 32.4 Å². The second-order valence-corrected chi connectivity index (χ2v) is 9.65. The van der Waals surface area contributed by atoms with E-state index in [1.165, 1.54) is 0 Å². The van der Waals surface area contributed by atoms with Gasteiger partial charge in [0.25, 0.3) is 6.73 Å². The van der Waals surface area contributed by atoms with Gasteiger partial charge in [0, 0.05) is 30.8 Å². The quantitative estimate of drug-likeness (QED) is 0.0444. The predicted octanol–water partition coefficient (Wildman–Crippen LogP) is 0.680. The molecule has 0 unspecified atom stereocenters. The molecule has 0 aliphatic rings. The van der Waals surface area contributed by atoms with Gasteiger partial charge in [-0.15, -0.1) is 4.99 Å². The number of hydrogen-bond donors (Lipinski definition) is 1. The van der Waals surface area contributed by atoms with Crippen LogP contribution in [0.4, 0.5) is 10.5 Å². The van der Waals surface area contributed by atoms with Gasteiger partial charge in [0.2, 0.25) is 12.2 Å². The van der Waals surface area contributed by atoms with Gasteiger partial charge in [-0.25, -0.2) is 4.79 Å². The van der Waals surface area contributed by atoms with Gasteiger partial charge < -0.3 is 56.2 Å². The van der Waals surface area contributed by atoms with Crippen molar-refractivity contribution in [1.29, 1.82) is 5.26 Å². The molecule has 0 saturated heterocycles. The fourth-order valence-electron chi connectivity index (χ4n) is 3.69. The van der Waals surface area contributed by atoms with Crippen molar-refractivity contribution in [1.82, 2.24) is 0 Å². The number of carbonyl (C=O) groups excluding carboxylic acids is 1. The van der Waals surface area contributed by atoms with Crippen LogP contribution >= 0.6 is 11.6 Å². The van der Waals surface area contributed by atoms with Crippen molar-refractivity contribution in [2.24, 2.45) is 10.7 Å². The molecule has 15 heteroatoms. The molecule has 0 bridgehead atoms. The number of ether oxygens (including phenoxy) is 7. The molecule has 0 spiro atoms. The summed E-state index contributed by atoms with van der Waals surface area (Å²) in [6.07, 6.45) is 8.08. The topological polar surface area (TPSA) is 151 Å². The van der Waals surface area contributed by atoms with Crippen molar-refractivity contribution < 1.29 is 54.9 Å². The van der Waals surface area contributed by atoms with Crippen LogP contribution in [0.25, 0.3) is 0 Å². The standard InChI is InChI=1S/C30H43ClN5O8.ClH/c1-38-16-17-39-18-19-40-20-21-41-22-23-43-30(37)44-25-35-13-10-27(11-14-35)36(29(33)34-24-32)12-4-2-3-5-15-42-28-8-6-26(31)7-9-28;/h6-11,13-14H,2-5,12,15-23,25H2,1H3,(H2,33,34);1H/q+1;/p-1. The largest absolute Gasteiger partial charge is 1.00 e. The third kappa shape index (κ3) is 18.9. The van der Waals surface area contributed by atoms with Gasteiger partial charge >= 0.3 is 6.16 Å². The molecule has 250 valence electrons. The number of carbonyl (C=O) groups is 1. The summed E-state index contributed by atoms with van der Waals surface area (Å²) in [4.78, 5) is 17.4. The first-order valence-corrected chi connectivity index (χ1v) is 14.8. The minimum Gasteiger partial charge on any atom is -1.00 e. The number of rotatable bonds is 23. The molecule has 0 saturated carbocycles. The lowest BCUT2D eigenvalue weighted by Crippen LogP contribution is -3.00. The maximum absolute atomic E-state index is 11.9. The second kappa shape index (κ2) is 25.9. The highest BCUT2D eigenvalue weighted by atomic mass is 35.5. The maximum atomic E-state index is 11.9. The third-order valence-electron chi connectivity index (χ3n) is 5.94. The summed E-state index contributed by atoms with van der Waals surface area (Å²) >= 11 is 5.89. The summed E-state index contributed by atoms with van der Waals surface area (Å²) in [6.45, 7) is 4.28. The van der Waals surface area contributed by atoms with Crippen LogP contribution in [-0.4, -0.2) is 85.2 Å². The molecule has 13 nitrogen and oxygen atoms in total. The fraction of sp³-hybridized carbons (Fsp3) is 0.533. The van der Waals surface area contributed by atoms with Gasteiger partial charge in [-0.3, -0.25) is 0 Å². The molecule has 1 heterocycles. The zero-order valence-electron chi connectivity index (χ0n) is 25.6. The number of halogens is 2. The number of hydrogen-bond acceptors (Lipinski definition) is 10. The van der Waals surface area contributed by atoms with Crippen molar-refractivity contribution >= 4 is 29.4 Å². The van der Waals surface area contributed by atoms with Crippen molar-refractivity contribution in [3.05, 3.63) is 53.8 Å². The number of anilines is 1. The molecule has 1 aromatic carbocycles. The molecule has 0 radical (unpaired) electrons. The van der Waals surface area contributed by atoms with E-state index in [0.717, 1.165) is 37.1 Å². The van der Waals surface area contributed by atoms with E-state index in [1.54, 1.807) is 59.4 Å². The molecule has 0 aliphatic heterocycles. The molecule has 45 heavy (non-hydrogen) atoms. The van der Waals surface area contributed by atoms with Gasteiger partial charge in [0.05, 0.1) is 58.5 Å². The summed E-state index contributed by atoms with van der Waals surface area (Å²) in [5.74, 6) is 0.904. The highest BCUT2D eigenvalue weighted by Gasteiger charge is 2.14. The van der Waals surface area contributed by atoms with Gasteiger partial charge in [0.1, 0.15) is 12.4 Å². The van der Waals surface area contributed by atoms with E-state index in [-0.39, 0.29) is 38.3 Å². The van der Waals surface area contributed by atoms with Gasteiger partial charge in [-0.05, 0) is 37.1 Å². The molecule has 0 aliphatic carbocycles. The first kappa shape index (κ1) is 39.6. The lowest BCUT2D eigenvalue weighted by atomic mass is 10.2. The van der Waals surface area contributed by atoms with Crippen LogP contribution in [0, 0.1) is 11.5 Å². The Morgan fingerprint density at radius 1 is 0.867 bits per heavy atom. The number of pyridine rings is 1. The molecular weight excluding hydrogens is 629 g/mol. The van der Waals surface area contributed by atoms with E-state index in [4.69, 9.17) is 55.8 Å². The molecule has 0 fully saturated rings. The Morgan fingerprint density at radius 2 is 1.47 bits per heavy atom. The first-order valence-electron chi connectivity index (χ1n) is 14.4. The first-order chi connectivity index (χ1) is 21.5. The Bertz CT molecular complexity index is 1120. The van der Waals surface area contributed by atoms with E-state index < -0.39 is 6.16 Å². The average Bonchev–Trinajstić information content (AvgIpc) is 3.03. The molecule has 0 atom stereocenters. The number of aromatic nitrogens is 1. The number of aliphatic imine (C=N–C) groups is 1. The van der Waals surface area contributed by atoms with Crippen LogP contribution in [0.1, 0.15) is 25.7 Å². The van der Waals surface area contributed by atoms with Crippen LogP contribution in [0.5, 0.6) is 5.75 Å². The zero-order chi connectivity index (χ0) is 31.7. The maximum Gasteiger partial charge on any atom is 0.513 e. The Hall–Kier alpha value is -3.38. The minimum absolute atomic E-state index is 0. The van der Waals surface area contributed by atoms with Crippen LogP contribution in [0.2, 0.25) is 5.02 Å². The SMILES string of the molecule is COCCOCCOCCOCCOC(=O)OC[n+]1ccc(N(CCCCCCOc2ccc(Cl)cc2)C(N)=NC#N)cc1.[Cl-]. The zero-order valence-corrected chi connectivity index (χ0v) is 27.1. The Balaban J connectivity index is 0.0000101. The average molecular weight is 673 g/mol. The molecule has 1 aromatic heterocycles. The summed E-state index contributed by atoms with van der Waals surface area (Å²) in [7, 11) is 1.62. The molecule has 0 amide bonds. The number of nitrogens with two attached hydrogens (primary N) is 1. The highest BCUT2D eigenvalue weighted by molar-refractivity contribution is 6.30. The third-order valence-corrected chi connectivity index (χ3v) is 6.19. The Morgan fingerprint density at radius 3 is 2.09 bits per heavy atom. The normalized spacial score (nSPS) is 10.9. The smallest absolute Gasteiger partial charge is 0.513 e. The van der Waals surface area contributed by atoms with Crippen molar-refractivity contribution in [3.8, 4) is 11.9 Å². The van der Waals surface area contributed by atoms with Gasteiger partial charge in [0.15, 0.2) is 12.4 Å². The number of nitrogens with zero attached hydrogens (tertiary/aromatic N) is 4. The number of guanidine groups is 1. The van der Waals surface area contributed by atoms with E-state index in [1.807, 2.05) is 12.1 Å². The number of methoxy groups -OCH3 is 1. The molecule has 2 rings (SSSR count). The monoisotopic (exact) mass is 671 g/mol. The predicted molar refractivity (Wildman–Crippen MR) is 163 cm³/mol. The van der Waals surface area contributed by atoms with Crippen LogP contribution < -0.4 is 32.3 Å². The number of benzene rings is 1. The fourth-order valence-corrected chi connectivity index (χ4v) is 3.81. The van der Waals surface area contributed by atoms with Crippen LogP contribution in [-0.2, 0) is 35.2 Å². The van der Waals surface area contributed by atoms with Crippen molar-refractivity contribution in [2.75, 3.05) is 78.0 Å².